The van der Waals surface area contributed by atoms with Gasteiger partial charge in [-0.05, 0) is 66.9 Å². The van der Waals surface area contributed by atoms with Crippen LogP contribution in [-0.4, -0.2) is 36.3 Å². The summed E-state index contributed by atoms with van der Waals surface area (Å²) in [5.41, 5.74) is 3.28. The molecule has 1 fully saturated rings. The fourth-order valence-corrected chi connectivity index (χ4v) is 3.95. The van der Waals surface area contributed by atoms with Crippen LogP contribution in [0.25, 0.3) is 0 Å². The van der Waals surface area contributed by atoms with E-state index in [9.17, 15) is 9.59 Å². The molecule has 2 amide bonds. The molecule has 0 aromatic heterocycles. The lowest BCUT2D eigenvalue weighted by Crippen LogP contribution is -2.31. The predicted molar refractivity (Wildman–Crippen MR) is 135 cm³/mol. The lowest BCUT2D eigenvalue weighted by atomic mass is 10.1. The van der Waals surface area contributed by atoms with Crippen LogP contribution in [0.15, 0.2) is 78.9 Å². The molecule has 0 spiro atoms. The Bertz CT molecular complexity index is 1060. The number of amides is 2. The van der Waals surface area contributed by atoms with Gasteiger partial charge in [0.2, 0.25) is 5.91 Å². The van der Waals surface area contributed by atoms with Gasteiger partial charge in [-0.1, -0.05) is 43.2 Å². The number of benzene rings is 3. The highest BCUT2D eigenvalue weighted by atomic mass is 16.5. The second-order valence-corrected chi connectivity index (χ2v) is 8.48. The van der Waals surface area contributed by atoms with Crippen molar-refractivity contribution in [3.05, 3.63) is 90.0 Å². The number of carbonyl (C=O) groups excluding carboxylic acids is 2. The number of nitrogens with one attached hydrogen (secondary N) is 2. The van der Waals surface area contributed by atoms with E-state index in [1.54, 1.807) is 24.3 Å². The minimum atomic E-state index is -0.156. The van der Waals surface area contributed by atoms with Crippen LogP contribution < -0.4 is 15.4 Å². The van der Waals surface area contributed by atoms with Crippen LogP contribution in [0.2, 0.25) is 0 Å². The number of likely N-dealkylation sites (tertiary alicyclic amines) is 1. The van der Waals surface area contributed by atoms with Gasteiger partial charge in [0.05, 0.1) is 6.54 Å². The third-order valence-corrected chi connectivity index (χ3v) is 5.86. The van der Waals surface area contributed by atoms with Crippen LogP contribution >= 0.6 is 0 Å². The number of hydrogen-bond donors (Lipinski definition) is 2. The van der Waals surface area contributed by atoms with Crippen molar-refractivity contribution in [2.24, 2.45) is 0 Å². The monoisotopic (exact) mass is 457 g/mol. The molecule has 176 valence electrons. The number of ether oxygens (including phenoxy) is 1. The fraction of sp³-hybridized carbons (Fsp3) is 0.286. The van der Waals surface area contributed by atoms with Crippen LogP contribution in [0.5, 0.6) is 5.75 Å². The molecular formula is C28H31N3O3. The van der Waals surface area contributed by atoms with Gasteiger partial charge < -0.3 is 20.3 Å². The Labute approximate surface area is 200 Å². The summed E-state index contributed by atoms with van der Waals surface area (Å²) in [5, 5.41) is 5.98. The average Bonchev–Trinajstić information content (AvgIpc) is 3.17. The van der Waals surface area contributed by atoms with Crippen molar-refractivity contribution in [3.8, 4) is 5.75 Å². The van der Waals surface area contributed by atoms with Crippen LogP contribution in [0.3, 0.4) is 0 Å². The van der Waals surface area contributed by atoms with E-state index in [1.807, 2.05) is 59.5 Å². The first-order valence-electron chi connectivity index (χ1n) is 11.9. The van der Waals surface area contributed by atoms with Gasteiger partial charge >= 0.3 is 0 Å². The van der Waals surface area contributed by atoms with Crippen LogP contribution in [0, 0.1) is 0 Å². The Hall–Kier alpha value is -3.80. The van der Waals surface area contributed by atoms with Crippen molar-refractivity contribution in [3.63, 3.8) is 0 Å². The fourth-order valence-electron chi connectivity index (χ4n) is 3.95. The minimum Gasteiger partial charge on any atom is -0.489 e. The summed E-state index contributed by atoms with van der Waals surface area (Å²) in [7, 11) is 0. The molecule has 6 heteroatoms. The summed E-state index contributed by atoms with van der Waals surface area (Å²) in [4.78, 5) is 27.0. The molecule has 1 aliphatic heterocycles. The second kappa shape index (κ2) is 11.9. The maximum absolute atomic E-state index is 12.7. The lowest BCUT2D eigenvalue weighted by Gasteiger charge is -2.20. The van der Waals surface area contributed by atoms with Gasteiger partial charge in [-0.2, -0.15) is 0 Å². The predicted octanol–water partition coefficient (Wildman–Crippen LogP) is 5.33. The maximum Gasteiger partial charge on any atom is 0.253 e. The zero-order chi connectivity index (χ0) is 23.6. The first-order chi connectivity index (χ1) is 16.7. The third kappa shape index (κ3) is 6.85. The van der Waals surface area contributed by atoms with Crippen molar-refractivity contribution in [2.45, 2.75) is 32.3 Å². The number of rotatable bonds is 8. The molecule has 0 aliphatic carbocycles. The van der Waals surface area contributed by atoms with E-state index >= 15 is 0 Å². The molecule has 0 saturated carbocycles. The van der Waals surface area contributed by atoms with Gasteiger partial charge in [0.15, 0.2) is 0 Å². The molecule has 0 radical (unpaired) electrons. The van der Waals surface area contributed by atoms with Crippen molar-refractivity contribution in [2.75, 3.05) is 30.3 Å². The van der Waals surface area contributed by atoms with Crippen molar-refractivity contribution in [1.82, 2.24) is 4.90 Å². The highest BCUT2D eigenvalue weighted by Gasteiger charge is 2.17. The van der Waals surface area contributed by atoms with Gasteiger partial charge in [-0.25, -0.2) is 0 Å². The number of anilines is 2. The van der Waals surface area contributed by atoms with Gasteiger partial charge in [-0.15, -0.1) is 0 Å². The highest BCUT2D eigenvalue weighted by molar-refractivity contribution is 5.96. The molecule has 0 bridgehead atoms. The van der Waals surface area contributed by atoms with E-state index in [2.05, 4.69) is 10.6 Å². The smallest absolute Gasteiger partial charge is 0.253 e. The molecule has 34 heavy (non-hydrogen) atoms. The topological polar surface area (TPSA) is 70.7 Å². The normalized spacial score (nSPS) is 13.6. The molecule has 2 N–H and O–H groups in total. The molecule has 1 saturated heterocycles. The summed E-state index contributed by atoms with van der Waals surface area (Å²) in [6.07, 6.45) is 4.51. The second-order valence-electron chi connectivity index (χ2n) is 8.48. The SMILES string of the molecule is O=C(CNc1ccc(OCc2ccccc2)cc1)Nc1ccc(C(=O)N2CCCCCC2)cc1. The Kier molecular flexibility index (Phi) is 8.17. The van der Waals surface area contributed by atoms with Gasteiger partial charge in [0.25, 0.3) is 5.91 Å². The maximum atomic E-state index is 12.7. The first-order valence-corrected chi connectivity index (χ1v) is 11.9. The molecule has 1 aliphatic rings. The summed E-state index contributed by atoms with van der Waals surface area (Å²) < 4.78 is 5.79. The summed E-state index contributed by atoms with van der Waals surface area (Å²) in [6, 6.07) is 24.7. The molecule has 3 aromatic carbocycles. The highest BCUT2D eigenvalue weighted by Crippen LogP contribution is 2.18. The van der Waals surface area contributed by atoms with E-state index in [0.29, 0.717) is 17.9 Å². The quantitative estimate of drug-likeness (QED) is 0.480. The minimum absolute atomic E-state index is 0.0673. The van der Waals surface area contributed by atoms with Gasteiger partial charge in [-0.3, -0.25) is 9.59 Å². The zero-order valence-electron chi connectivity index (χ0n) is 19.3. The third-order valence-electron chi connectivity index (χ3n) is 5.86. The Morgan fingerprint density at radius 2 is 1.41 bits per heavy atom. The first kappa shape index (κ1) is 23.4. The molecule has 6 nitrogen and oxygen atoms in total. The van der Waals surface area contributed by atoms with Crippen molar-refractivity contribution in [1.29, 1.82) is 0 Å². The summed E-state index contributed by atoms with van der Waals surface area (Å²) in [6.45, 7) is 2.29. The number of hydrogen-bond acceptors (Lipinski definition) is 4. The molecule has 1 heterocycles. The Balaban J connectivity index is 1.21. The largest absolute Gasteiger partial charge is 0.489 e. The van der Waals surface area contributed by atoms with Crippen molar-refractivity contribution < 1.29 is 14.3 Å². The standard InChI is InChI=1S/C28H31N3O3/c32-27(20-29-24-14-16-26(17-15-24)34-21-22-8-4-3-5-9-22)30-25-12-10-23(11-13-25)28(33)31-18-6-1-2-7-19-31/h3-5,8-17,29H,1-2,6-7,18-21H2,(H,30,32). The van der Waals surface area contributed by atoms with Crippen LogP contribution in [0.1, 0.15) is 41.6 Å². The van der Waals surface area contributed by atoms with Crippen LogP contribution in [0.4, 0.5) is 11.4 Å². The van der Waals surface area contributed by atoms with Crippen molar-refractivity contribution >= 4 is 23.2 Å². The Morgan fingerprint density at radius 3 is 2.09 bits per heavy atom. The molecule has 0 atom stereocenters. The van der Waals surface area contributed by atoms with E-state index in [4.69, 9.17) is 4.74 Å². The average molecular weight is 458 g/mol. The molecule has 3 aromatic rings. The Morgan fingerprint density at radius 1 is 0.765 bits per heavy atom. The number of nitrogens with zero attached hydrogens (tertiary/aromatic N) is 1. The van der Waals surface area contributed by atoms with E-state index in [1.165, 1.54) is 12.8 Å². The van der Waals surface area contributed by atoms with Crippen LogP contribution in [-0.2, 0) is 11.4 Å². The lowest BCUT2D eigenvalue weighted by molar-refractivity contribution is -0.114. The molecule has 4 rings (SSSR count). The summed E-state index contributed by atoms with van der Waals surface area (Å²) >= 11 is 0. The number of carbonyl (C=O) groups is 2. The molecular weight excluding hydrogens is 426 g/mol. The van der Waals surface area contributed by atoms with Gasteiger partial charge in [0, 0.05) is 30.0 Å². The van der Waals surface area contributed by atoms with E-state index in [0.717, 1.165) is 42.9 Å². The van der Waals surface area contributed by atoms with E-state index in [-0.39, 0.29) is 18.4 Å². The van der Waals surface area contributed by atoms with Gasteiger partial charge in [0.1, 0.15) is 12.4 Å². The molecule has 0 unspecified atom stereocenters. The van der Waals surface area contributed by atoms with E-state index < -0.39 is 0 Å². The summed E-state index contributed by atoms with van der Waals surface area (Å²) in [5.74, 6) is 0.683. The zero-order valence-corrected chi connectivity index (χ0v) is 19.3.